The van der Waals surface area contributed by atoms with Crippen molar-refractivity contribution in [1.29, 1.82) is 0 Å². The van der Waals surface area contributed by atoms with E-state index in [-0.39, 0.29) is 0 Å². The third kappa shape index (κ3) is 9.30. The number of rotatable bonds is 12. The van der Waals surface area contributed by atoms with E-state index >= 15 is 0 Å². The van der Waals surface area contributed by atoms with E-state index in [4.69, 9.17) is 14.2 Å². The summed E-state index contributed by atoms with van der Waals surface area (Å²) in [5, 5.41) is 0. The molecule has 200 valence electrons. The van der Waals surface area contributed by atoms with Crippen LogP contribution in [0.15, 0.2) is 147 Å². The second-order valence-corrected chi connectivity index (χ2v) is 16.5. The summed E-state index contributed by atoms with van der Waals surface area (Å²) in [5.74, 6) is -0.196. The van der Waals surface area contributed by atoms with Crippen molar-refractivity contribution < 1.29 is 28.6 Å². The van der Waals surface area contributed by atoms with Gasteiger partial charge in [0.05, 0.1) is 0 Å². The van der Waals surface area contributed by atoms with E-state index in [9.17, 15) is 14.4 Å². The monoisotopic (exact) mass is 728 g/mol. The molecule has 0 fully saturated rings. The third-order valence-corrected chi connectivity index (χ3v) is 14.5. The average molecular weight is 729 g/mol. The normalized spacial score (nSPS) is 11.0. The molecule has 0 amide bonds. The van der Waals surface area contributed by atoms with Gasteiger partial charge in [0.2, 0.25) is 0 Å². The fraction of sp³-hybridized carbons (Fsp3) is 0. The molecule has 0 aromatic heterocycles. The Morgan fingerprint density at radius 3 is 0.950 bits per heavy atom. The molecule has 40 heavy (non-hydrogen) atoms. The number of allylic oxidation sites excluding steroid dienone is 6. The van der Waals surface area contributed by atoms with Crippen LogP contribution >= 0.6 is 0 Å². The fourth-order valence-electron chi connectivity index (χ4n) is 3.33. The first kappa shape index (κ1) is 29.9. The van der Waals surface area contributed by atoms with E-state index in [0.29, 0.717) is 17.2 Å². The molecule has 0 radical (unpaired) electrons. The molecule has 0 heterocycles. The number of carbonyl (C=O) groups excluding carboxylic acids is 3. The van der Waals surface area contributed by atoms with E-state index in [2.05, 4.69) is 19.7 Å². The van der Waals surface area contributed by atoms with Gasteiger partial charge in [0.1, 0.15) is 0 Å². The summed E-state index contributed by atoms with van der Waals surface area (Å²) in [6, 6.07) is 22.3. The van der Waals surface area contributed by atoms with Crippen molar-refractivity contribution in [2.45, 2.75) is 0 Å². The molecule has 6 nitrogen and oxygen atoms in total. The molecule has 7 heteroatoms. The van der Waals surface area contributed by atoms with Crippen molar-refractivity contribution in [3.63, 3.8) is 0 Å². The molecule has 0 aliphatic rings. The molecule has 0 aliphatic heterocycles. The van der Waals surface area contributed by atoms with E-state index in [0.717, 1.165) is 9.81 Å². The molecule has 0 unspecified atom stereocenters. The van der Waals surface area contributed by atoms with E-state index in [1.165, 1.54) is 54.7 Å². The van der Waals surface area contributed by atoms with E-state index < -0.39 is 39.7 Å². The van der Waals surface area contributed by atoms with Gasteiger partial charge < -0.3 is 0 Å². The number of ether oxygens (including phenoxy) is 3. The number of hydrogen-bond acceptors (Lipinski definition) is 6. The van der Waals surface area contributed by atoms with Gasteiger partial charge in [-0.2, -0.15) is 0 Å². The van der Waals surface area contributed by atoms with Crippen molar-refractivity contribution >= 4 is 49.5 Å². The predicted octanol–water partition coefficient (Wildman–Crippen LogP) is 4.15. The molecule has 0 bridgehead atoms. The second-order valence-electron chi connectivity index (χ2n) is 7.86. The summed E-state index contributed by atoms with van der Waals surface area (Å²) >= 11 is -2.88. The maximum atomic E-state index is 11.9. The quantitative estimate of drug-likeness (QED) is 0.0918. The first-order valence-corrected chi connectivity index (χ1v) is 17.3. The van der Waals surface area contributed by atoms with Crippen LogP contribution in [0.25, 0.3) is 0 Å². The number of esters is 3. The van der Waals surface area contributed by atoms with Crippen molar-refractivity contribution in [1.82, 2.24) is 0 Å². The maximum absolute atomic E-state index is 11.9. The van der Waals surface area contributed by atoms with Crippen LogP contribution in [-0.2, 0) is 14.4 Å². The molecule has 0 saturated carbocycles. The van der Waals surface area contributed by atoms with Crippen LogP contribution in [0, 0.1) is 0 Å². The third-order valence-electron chi connectivity index (χ3n) is 5.05. The first-order chi connectivity index (χ1) is 19.4. The van der Waals surface area contributed by atoms with Crippen LogP contribution in [0.5, 0.6) is 17.2 Å². The van der Waals surface area contributed by atoms with Crippen LogP contribution in [0.1, 0.15) is 0 Å². The second kappa shape index (κ2) is 15.7. The molecule has 3 aromatic rings. The van der Waals surface area contributed by atoms with E-state index in [1.807, 2.05) is 36.4 Å². The molecule has 0 spiro atoms. The Hall–Kier alpha value is -4.61. The predicted molar refractivity (Wildman–Crippen MR) is 159 cm³/mol. The molecular formula is C33H27BiO6. The summed E-state index contributed by atoms with van der Waals surface area (Å²) in [6.45, 7) is 10.6. The first-order valence-electron chi connectivity index (χ1n) is 12.1. The van der Waals surface area contributed by atoms with Crippen LogP contribution in [0.3, 0.4) is 0 Å². The Kier molecular flexibility index (Phi) is 11.8. The van der Waals surface area contributed by atoms with Crippen LogP contribution in [0.2, 0.25) is 0 Å². The van der Waals surface area contributed by atoms with Gasteiger partial charge >= 0.3 is 243 Å². The SMILES string of the molecule is C=CC=CC(=O)Oc1cc[c]([Bi]([c]2ccc(OC(=O)C=CC=C)cc2)[c]2ccc(OC(=O)C=CC=C)cc2)cc1. The van der Waals surface area contributed by atoms with Gasteiger partial charge in [0.25, 0.3) is 0 Å². The Morgan fingerprint density at radius 2 is 0.725 bits per heavy atom. The van der Waals surface area contributed by atoms with Crippen LogP contribution in [0.4, 0.5) is 0 Å². The molecule has 0 saturated heterocycles. The Balaban J connectivity index is 1.91. The standard InChI is InChI=1S/3C11H9O2.Bi/c3*1-2-3-9-11(12)13-10-7-5-4-6-8-10;/h3*2-3,5-9H,1H2;. The van der Waals surface area contributed by atoms with Gasteiger partial charge in [-0.25, -0.2) is 0 Å². The molecule has 0 atom stereocenters. The summed E-state index contributed by atoms with van der Waals surface area (Å²) in [5.41, 5.74) is 0. The van der Waals surface area contributed by atoms with Gasteiger partial charge in [-0.1, -0.05) is 0 Å². The zero-order valence-electron chi connectivity index (χ0n) is 21.6. The van der Waals surface area contributed by atoms with Crippen LogP contribution < -0.4 is 24.0 Å². The Labute approximate surface area is 241 Å². The van der Waals surface area contributed by atoms with Gasteiger partial charge in [0, 0.05) is 0 Å². The van der Waals surface area contributed by atoms with Crippen molar-refractivity contribution in [3.05, 3.63) is 147 Å². The average Bonchev–Trinajstić information content (AvgIpc) is 2.96. The summed E-state index contributed by atoms with van der Waals surface area (Å²) < 4.78 is 19.4. The molecule has 0 aliphatic carbocycles. The summed E-state index contributed by atoms with van der Waals surface area (Å²) in [6.07, 6.45) is 12.9. The van der Waals surface area contributed by atoms with Gasteiger partial charge in [-0.15, -0.1) is 0 Å². The summed E-state index contributed by atoms with van der Waals surface area (Å²) in [4.78, 5) is 35.8. The van der Waals surface area contributed by atoms with Gasteiger partial charge in [0.15, 0.2) is 0 Å². The number of benzene rings is 3. The van der Waals surface area contributed by atoms with Crippen molar-refractivity contribution in [3.8, 4) is 17.2 Å². The van der Waals surface area contributed by atoms with Crippen molar-refractivity contribution in [2.24, 2.45) is 0 Å². The zero-order valence-corrected chi connectivity index (χ0v) is 25.1. The molecular weight excluding hydrogens is 701 g/mol. The fourth-order valence-corrected chi connectivity index (χ4v) is 12.0. The molecule has 3 aromatic carbocycles. The number of carbonyl (C=O) groups is 3. The van der Waals surface area contributed by atoms with Crippen LogP contribution in [-0.4, -0.2) is 39.7 Å². The minimum atomic E-state index is -2.88. The molecule has 0 N–H and O–H groups in total. The summed E-state index contributed by atoms with van der Waals surface area (Å²) in [7, 11) is 0. The minimum absolute atomic E-state index is 0.427. The topological polar surface area (TPSA) is 78.9 Å². The van der Waals surface area contributed by atoms with Gasteiger partial charge in [-0.3, -0.25) is 0 Å². The van der Waals surface area contributed by atoms with Gasteiger partial charge in [-0.05, 0) is 0 Å². The Bertz CT molecular complexity index is 1270. The van der Waals surface area contributed by atoms with E-state index in [1.54, 1.807) is 36.4 Å². The Morgan fingerprint density at radius 1 is 0.475 bits per heavy atom. The van der Waals surface area contributed by atoms with Crippen molar-refractivity contribution in [2.75, 3.05) is 0 Å². The zero-order chi connectivity index (χ0) is 28.7. The number of hydrogen-bond donors (Lipinski definition) is 0. The molecule has 3 rings (SSSR count).